The van der Waals surface area contributed by atoms with Crippen LogP contribution in [-0.2, 0) is 4.74 Å². The molecule has 0 aromatic carbocycles. The minimum absolute atomic E-state index is 0.248. The van der Waals surface area contributed by atoms with Crippen molar-refractivity contribution in [2.45, 2.75) is 24.5 Å². The third-order valence-electron chi connectivity index (χ3n) is 2.47. The topological polar surface area (TPSA) is 132 Å². The number of hydrogen-bond acceptors (Lipinski definition) is 6. The summed E-state index contributed by atoms with van der Waals surface area (Å²) in [6, 6.07) is 1.10. The van der Waals surface area contributed by atoms with Gasteiger partial charge in [-0.2, -0.15) is 0 Å². The van der Waals surface area contributed by atoms with Gasteiger partial charge in [-0.05, 0) is 6.07 Å². The van der Waals surface area contributed by atoms with Crippen molar-refractivity contribution in [3.8, 4) is 0 Å². The second-order valence-corrected chi connectivity index (χ2v) is 3.58. The molecular weight excluding hydrogens is 230 g/mol. The number of aromatic nitrogens is 2. The number of aliphatic hydroxyl groups excluding tert-OH is 2. The minimum atomic E-state index is -2.55. The summed E-state index contributed by atoms with van der Waals surface area (Å²) < 4.78 is 20.7. The van der Waals surface area contributed by atoms with Crippen LogP contribution in [0.2, 0.25) is 1.41 Å². The molecule has 0 amide bonds. The first-order valence-electron chi connectivity index (χ1n) is 5.80. The van der Waals surface area contributed by atoms with Crippen LogP contribution in [0.25, 0.3) is 0 Å². The number of rotatable bonds is 2. The number of ether oxygens (including phenoxy) is 1. The van der Waals surface area contributed by atoms with E-state index in [1.165, 1.54) is 0 Å². The molecule has 0 aliphatic carbocycles. The lowest BCUT2D eigenvalue weighted by molar-refractivity contribution is -0.0550. The fraction of sp³-hybridized carbons (Fsp3) is 0.556. The molecule has 1 aliphatic rings. The van der Waals surface area contributed by atoms with Crippen LogP contribution in [0.4, 0.5) is 0 Å². The molecule has 17 heavy (non-hydrogen) atoms. The van der Waals surface area contributed by atoms with Crippen molar-refractivity contribution in [1.29, 1.82) is 5.41 Å². The summed E-state index contributed by atoms with van der Waals surface area (Å²) in [4.78, 5) is 12.0. The Labute approximate surface area is 98.1 Å². The van der Waals surface area contributed by atoms with Gasteiger partial charge in [0.2, 0.25) is 0 Å². The molecule has 8 heteroatoms. The summed E-state index contributed by atoms with van der Waals surface area (Å²) in [6.45, 7) is -0.634. The number of aromatic amines is 1. The van der Waals surface area contributed by atoms with Crippen molar-refractivity contribution in [1.82, 2.24) is 9.54 Å². The molecule has 0 unspecified atom stereocenters. The molecule has 2 rings (SSSR count). The molecule has 0 spiro atoms. The summed E-state index contributed by atoms with van der Waals surface area (Å²) in [6.07, 6.45) is -5.97. The van der Waals surface area contributed by atoms with Crippen molar-refractivity contribution in [3.05, 3.63) is 28.2 Å². The highest BCUT2D eigenvalue weighted by atomic mass is 16.6. The van der Waals surface area contributed by atoms with E-state index in [9.17, 15) is 15.0 Å². The average molecular weight is 245 g/mol. The van der Waals surface area contributed by atoms with Gasteiger partial charge in [-0.25, -0.2) is 4.79 Å². The normalized spacial score (nSPS) is 38.9. The Kier molecular flexibility index (Phi) is 2.48. The smallest absolute Gasteiger partial charge is 0.329 e. The van der Waals surface area contributed by atoms with Gasteiger partial charge in [0.25, 0.3) is 0 Å². The van der Waals surface area contributed by atoms with Crippen LogP contribution >= 0.6 is 0 Å². The molecule has 5 N–H and O–H groups in total. The molecule has 0 radical (unpaired) electrons. The second kappa shape index (κ2) is 4.41. The molecule has 1 aliphatic heterocycles. The zero-order valence-electron chi connectivity index (χ0n) is 10.6. The third-order valence-corrected chi connectivity index (χ3v) is 2.47. The van der Waals surface area contributed by atoms with Crippen molar-refractivity contribution < 1.29 is 22.8 Å². The molecule has 2 heterocycles. The average Bonchev–Trinajstić information content (AvgIpc) is 2.59. The van der Waals surface area contributed by atoms with E-state index in [-0.39, 0.29) is 10.5 Å². The van der Waals surface area contributed by atoms with E-state index >= 15 is 0 Å². The van der Waals surface area contributed by atoms with Crippen molar-refractivity contribution in [2.24, 2.45) is 0 Å². The largest absolute Gasteiger partial charge is 0.394 e. The van der Waals surface area contributed by atoms with Gasteiger partial charge in [0, 0.05) is 6.20 Å². The zero-order valence-corrected chi connectivity index (χ0v) is 8.65. The van der Waals surface area contributed by atoms with Crippen molar-refractivity contribution in [3.63, 3.8) is 0 Å². The Morgan fingerprint density at radius 3 is 3.00 bits per heavy atom. The molecular formula is C9H13N3O5. The Hall–Kier alpha value is -1.48. The first-order valence-corrected chi connectivity index (χ1v) is 4.85. The van der Waals surface area contributed by atoms with E-state index in [4.69, 9.17) is 18.0 Å². The van der Waals surface area contributed by atoms with Gasteiger partial charge in [-0.1, -0.05) is 0 Å². The van der Waals surface area contributed by atoms with Gasteiger partial charge in [0.05, 0.1) is 7.98 Å². The quantitative estimate of drug-likeness (QED) is 0.386. The van der Waals surface area contributed by atoms with E-state index in [2.05, 4.69) is 0 Å². The molecule has 4 atom stereocenters. The van der Waals surface area contributed by atoms with Crippen molar-refractivity contribution >= 4 is 0 Å². The lowest BCUT2D eigenvalue weighted by Crippen LogP contribution is -2.37. The summed E-state index contributed by atoms with van der Waals surface area (Å²) in [7, 11) is 0. The van der Waals surface area contributed by atoms with E-state index in [1.807, 2.05) is 0 Å². The first-order chi connectivity index (χ1) is 8.80. The van der Waals surface area contributed by atoms with E-state index < -0.39 is 36.8 Å². The molecule has 1 saturated heterocycles. The van der Waals surface area contributed by atoms with Crippen LogP contribution in [0.5, 0.6) is 0 Å². The first kappa shape index (κ1) is 9.54. The fourth-order valence-corrected chi connectivity index (χ4v) is 1.59. The van der Waals surface area contributed by atoms with Crippen LogP contribution in [-0.4, -0.2) is 49.8 Å². The number of nitrogens with zero attached hydrogens (tertiary/aromatic N) is 1. The summed E-state index contributed by atoms with van der Waals surface area (Å²) in [5.74, 6) is 0. The zero-order chi connectivity index (χ0) is 14.4. The van der Waals surface area contributed by atoms with Gasteiger partial charge in [0.15, 0.2) is 7.64 Å². The molecule has 1 aromatic rings. The standard InChI is InChI=1S/C9H13N3O5/c10-5-1-2-12(9(16)11-5)8-7(15)6(14)4(3-13)17-8/h1-2,4,6-8,13-15H,3H2,(H2,10,11,16)/t4-,6-,7-,8-/m1/s1/i7D/hD. The third kappa shape index (κ3) is 2.03. The van der Waals surface area contributed by atoms with Crippen LogP contribution in [0.15, 0.2) is 17.1 Å². The SMILES string of the molecule is [2H]n1c(=N)ccn([C@@H]2O[C@H](CO)[C@@H](O)[C@@]2([2H])O)c1=O. The predicted molar refractivity (Wildman–Crippen MR) is 53.9 cm³/mol. The van der Waals surface area contributed by atoms with Crippen LogP contribution in [0.3, 0.4) is 0 Å². The lowest BCUT2D eigenvalue weighted by atomic mass is 10.1. The number of nitrogens with one attached hydrogen (secondary N) is 2. The summed E-state index contributed by atoms with van der Waals surface area (Å²) in [5, 5.41) is 35.7. The summed E-state index contributed by atoms with van der Waals surface area (Å²) in [5.41, 5.74) is -1.39. The second-order valence-electron chi connectivity index (χ2n) is 3.58. The number of hydrogen-bond donors (Lipinski definition) is 5. The molecule has 1 fully saturated rings. The fourth-order valence-electron chi connectivity index (χ4n) is 1.59. The van der Waals surface area contributed by atoms with Crippen LogP contribution in [0.1, 0.15) is 7.60 Å². The predicted octanol–water partition coefficient (Wildman–Crippen LogP) is -2.73. The van der Waals surface area contributed by atoms with E-state index in [0.29, 0.717) is 0 Å². The maximum atomic E-state index is 11.8. The van der Waals surface area contributed by atoms with Crippen LogP contribution < -0.4 is 11.2 Å². The van der Waals surface area contributed by atoms with Gasteiger partial charge in [-0.15, -0.1) is 0 Å². The molecule has 8 nitrogen and oxygen atoms in total. The molecule has 1 aromatic heterocycles. The lowest BCUT2D eigenvalue weighted by Gasteiger charge is -2.16. The minimum Gasteiger partial charge on any atom is -0.394 e. The van der Waals surface area contributed by atoms with Gasteiger partial charge in [0.1, 0.15) is 23.8 Å². The van der Waals surface area contributed by atoms with Gasteiger partial charge >= 0.3 is 5.69 Å². The van der Waals surface area contributed by atoms with E-state index in [0.717, 1.165) is 16.8 Å². The Bertz CT molecular complexity index is 598. The molecule has 94 valence electrons. The van der Waals surface area contributed by atoms with E-state index in [1.54, 1.807) is 0 Å². The number of H-pyrrole nitrogens is 1. The van der Waals surface area contributed by atoms with Crippen molar-refractivity contribution in [2.75, 3.05) is 6.61 Å². The molecule has 0 saturated carbocycles. The molecule has 0 bridgehead atoms. The maximum absolute atomic E-state index is 11.8. The Balaban J connectivity index is 2.51. The highest BCUT2D eigenvalue weighted by Crippen LogP contribution is 2.27. The van der Waals surface area contributed by atoms with Gasteiger partial charge < -0.3 is 20.1 Å². The Morgan fingerprint density at radius 2 is 2.41 bits per heavy atom. The highest BCUT2D eigenvalue weighted by molar-refractivity contribution is 4.92. The maximum Gasteiger partial charge on any atom is 0.329 e. The summed E-state index contributed by atoms with van der Waals surface area (Å²) >= 11 is 0. The Morgan fingerprint density at radius 1 is 1.71 bits per heavy atom. The van der Waals surface area contributed by atoms with Gasteiger partial charge in [-0.3, -0.25) is 15.0 Å². The highest BCUT2D eigenvalue weighted by Gasteiger charge is 2.43. The monoisotopic (exact) mass is 245 g/mol. The van der Waals surface area contributed by atoms with Crippen LogP contribution in [0, 0.1) is 5.41 Å². The number of aliphatic hydroxyl groups is 3.